The van der Waals surface area contributed by atoms with Gasteiger partial charge in [-0.2, -0.15) is 4.31 Å². The summed E-state index contributed by atoms with van der Waals surface area (Å²) in [6.45, 7) is 13.5. The van der Waals surface area contributed by atoms with Crippen molar-refractivity contribution in [3.8, 4) is 0 Å². The number of nitrogens with zero attached hydrogens (tertiary/aromatic N) is 1. The normalized spacial score (nSPS) is 15.7. The molecule has 0 spiro atoms. The fraction of sp³-hybridized carbons (Fsp3) is 0.500. The molecule has 7 heteroatoms. The van der Waals surface area contributed by atoms with Crippen molar-refractivity contribution in [2.45, 2.75) is 71.1 Å². The van der Waals surface area contributed by atoms with Crippen LogP contribution in [0.15, 0.2) is 41.3 Å². The standard InChI is InChI=1S/C28H38N2O4S/c1-19-17-24(28(4,5)6)18-20(2)26(19)11-14-29-27(32)23-12-15-30(16-13-23)35(33,34)25-9-7-22(8-10-25)21(3)31/h7-10,17-18,23H,11-16H2,1-6H3,(H,29,32). The maximum Gasteiger partial charge on any atom is 0.243 e. The van der Waals surface area contributed by atoms with Crippen molar-refractivity contribution in [1.29, 1.82) is 0 Å². The minimum atomic E-state index is -3.64. The first-order valence-corrected chi connectivity index (χ1v) is 13.7. The van der Waals surface area contributed by atoms with Gasteiger partial charge in [0.05, 0.1) is 4.90 Å². The average Bonchev–Trinajstić information content (AvgIpc) is 2.80. The molecule has 0 atom stereocenters. The molecule has 6 nitrogen and oxygen atoms in total. The van der Waals surface area contributed by atoms with Crippen LogP contribution in [0.5, 0.6) is 0 Å². The van der Waals surface area contributed by atoms with Crippen LogP contribution in [0.4, 0.5) is 0 Å². The molecule has 1 N–H and O–H groups in total. The van der Waals surface area contributed by atoms with Crippen molar-refractivity contribution in [1.82, 2.24) is 9.62 Å². The predicted molar refractivity (Wildman–Crippen MR) is 139 cm³/mol. The van der Waals surface area contributed by atoms with Crippen LogP contribution in [-0.4, -0.2) is 44.0 Å². The first kappa shape index (κ1) is 27.1. The van der Waals surface area contributed by atoms with Crippen LogP contribution in [0.25, 0.3) is 0 Å². The third-order valence-corrected chi connectivity index (χ3v) is 8.87. The summed E-state index contributed by atoms with van der Waals surface area (Å²) in [7, 11) is -3.64. The molecule has 0 unspecified atom stereocenters. The van der Waals surface area contributed by atoms with Gasteiger partial charge in [0.2, 0.25) is 15.9 Å². The Balaban J connectivity index is 1.53. The van der Waals surface area contributed by atoms with E-state index < -0.39 is 10.0 Å². The number of aryl methyl sites for hydroxylation is 2. The number of nitrogens with one attached hydrogen (secondary N) is 1. The van der Waals surface area contributed by atoms with E-state index >= 15 is 0 Å². The number of Topliss-reactive ketones (excluding diaryl/α,β-unsaturated/α-hetero) is 1. The Hall–Kier alpha value is -2.51. The van der Waals surface area contributed by atoms with Crippen LogP contribution in [0, 0.1) is 19.8 Å². The number of rotatable bonds is 7. The number of carbonyl (C=O) groups excluding carboxylic acids is 2. The lowest BCUT2D eigenvalue weighted by molar-refractivity contribution is -0.126. The molecule has 1 amide bonds. The van der Waals surface area contributed by atoms with Crippen LogP contribution >= 0.6 is 0 Å². The highest BCUT2D eigenvalue weighted by molar-refractivity contribution is 7.89. The van der Waals surface area contributed by atoms with Gasteiger partial charge in [0, 0.05) is 31.1 Å². The van der Waals surface area contributed by atoms with Crippen LogP contribution in [0.3, 0.4) is 0 Å². The fourth-order valence-electron chi connectivity index (χ4n) is 4.64. The maximum absolute atomic E-state index is 13.0. The van der Waals surface area contributed by atoms with Crippen molar-refractivity contribution in [2.75, 3.05) is 19.6 Å². The maximum atomic E-state index is 13.0. The average molecular weight is 499 g/mol. The van der Waals surface area contributed by atoms with E-state index in [2.05, 4.69) is 52.1 Å². The molecule has 1 aliphatic rings. The van der Waals surface area contributed by atoms with Crippen LogP contribution in [0.1, 0.15) is 73.1 Å². The van der Waals surface area contributed by atoms with E-state index in [4.69, 9.17) is 0 Å². The van der Waals surface area contributed by atoms with Crippen molar-refractivity contribution in [3.63, 3.8) is 0 Å². The van der Waals surface area contributed by atoms with Gasteiger partial charge < -0.3 is 5.32 Å². The van der Waals surface area contributed by atoms with Crippen molar-refractivity contribution >= 4 is 21.7 Å². The first-order valence-electron chi connectivity index (χ1n) is 12.3. The Morgan fingerprint density at radius 2 is 1.54 bits per heavy atom. The van der Waals surface area contributed by atoms with E-state index in [0.717, 1.165) is 6.42 Å². The van der Waals surface area contributed by atoms with Gasteiger partial charge in [0.1, 0.15) is 0 Å². The third-order valence-electron chi connectivity index (χ3n) is 6.96. The van der Waals surface area contributed by atoms with Crippen molar-refractivity contribution < 1.29 is 18.0 Å². The Labute approximate surface area is 210 Å². The third kappa shape index (κ3) is 6.39. The van der Waals surface area contributed by atoms with Gasteiger partial charge in [0.25, 0.3) is 0 Å². The van der Waals surface area contributed by atoms with E-state index in [1.165, 1.54) is 57.7 Å². The summed E-state index contributed by atoms with van der Waals surface area (Å²) in [4.78, 5) is 24.4. The first-order chi connectivity index (χ1) is 16.3. The number of piperidine rings is 1. The molecule has 2 aromatic rings. The molecule has 1 heterocycles. The fourth-order valence-corrected chi connectivity index (χ4v) is 6.11. The Kier molecular flexibility index (Phi) is 8.22. The summed E-state index contributed by atoms with van der Waals surface area (Å²) in [5, 5.41) is 3.06. The topological polar surface area (TPSA) is 83.6 Å². The number of amides is 1. The van der Waals surface area contributed by atoms with Crippen LogP contribution in [-0.2, 0) is 26.7 Å². The van der Waals surface area contributed by atoms with Gasteiger partial charge in [0.15, 0.2) is 5.78 Å². The van der Waals surface area contributed by atoms with Crippen molar-refractivity contribution in [2.24, 2.45) is 5.92 Å². The number of hydrogen-bond acceptors (Lipinski definition) is 4. The van der Waals surface area contributed by atoms with Crippen LogP contribution in [0.2, 0.25) is 0 Å². The molecule has 1 aliphatic heterocycles. The summed E-state index contributed by atoms with van der Waals surface area (Å²) in [5.41, 5.74) is 5.67. The molecule has 190 valence electrons. The van der Waals surface area contributed by atoms with E-state index in [0.29, 0.717) is 38.0 Å². The molecule has 1 saturated heterocycles. The summed E-state index contributed by atoms with van der Waals surface area (Å²) in [6.07, 6.45) is 1.77. The number of carbonyl (C=O) groups is 2. The zero-order valence-electron chi connectivity index (χ0n) is 21.8. The molecular formula is C28H38N2O4S. The lowest BCUT2D eigenvalue weighted by atomic mass is 9.83. The Bertz CT molecular complexity index is 1160. The Morgan fingerprint density at radius 3 is 2.03 bits per heavy atom. The molecule has 1 fully saturated rings. The largest absolute Gasteiger partial charge is 0.356 e. The second kappa shape index (κ2) is 10.6. The van der Waals surface area contributed by atoms with Gasteiger partial charge >= 0.3 is 0 Å². The summed E-state index contributed by atoms with van der Waals surface area (Å²) in [6, 6.07) is 10.5. The van der Waals surface area contributed by atoms with E-state index in [1.807, 2.05) is 0 Å². The SMILES string of the molecule is CC(=O)c1ccc(S(=O)(=O)N2CCC(C(=O)NCCc3c(C)cc(C(C)(C)C)cc3C)CC2)cc1. The summed E-state index contributed by atoms with van der Waals surface area (Å²) >= 11 is 0. The molecule has 0 bridgehead atoms. The number of sulfonamides is 1. The van der Waals surface area contributed by atoms with E-state index in [1.54, 1.807) is 0 Å². The van der Waals surface area contributed by atoms with Gasteiger partial charge in [-0.25, -0.2) is 8.42 Å². The summed E-state index contributed by atoms with van der Waals surface area (Å²) in [5.74, 6) is -0.297. The monoisotopic (exact) mass is 498 g/mol. The molecular weight excluding hydrogens is 460 g/mol. The molecule has 3 rings (SSSR count). The highest BCUT2D eigenvalue weighted by Gasteiger charge is 2.32. The van der Waals surface area contributed by atoms with E-state index in [9.17, 15) is 18.0 Å². The molecule has 0 aliphatic carbocycles. The number of benzene rings is 2. The lowest BCUT2D eigenvalue weighted by Gasteiger charge is -2.30. The second-order valence-electron chi connectivity index (χ2n) is 10.6. The zero-order chi connectivity index (χ0) is 26.0. The molecule has 0 saturated carbocycles. The molecule has 2 aromatic carbocycles. The Morgan fingerprint density at radius 1 is 1.00 bits per heavy atom. The zero-order valence-corrected chi connectivity index (χ0v) is 22.6. The molecule has 0 radical (unpaired) electrons. The minimum Gasteiger partial charge on any atom is -0.356 e. The van der Waals surface area contributed by atoms with Gasteiger partial charge in [-0.05, 0) is 79.8 Å². The highest BCUT2D eigenvalue weighted by atomic mass is 32.2. The smallest absolute Gasteiger partial charge is 0.243 e. The van der Waals surface area contributed by atoms with Gasteiger partial charge in [-0.15, -0.1) is 0 Å². The molecule has 0 aromatic heterocycles. The summed E-state index contributed by atoms with van der Waals surface area (Å²) < 4.78 is 27.4. The second-order valence-corrected chi connectivity index (χ2v) is 12.6. The lowest BCUT2D eigenvalue weighted by Crippen LogP contribution is -2.43. The highest BCUT2D eigenvalue weighted by Crippen LogP contribution is 2.27. The van der Waals surface area contributed by atoms with Gasteiger partial charge in [-0.3, -0.25) is 9.59 Å². The molecule has 35 heavy (non-hydrogen) atoms. The minimum absolute atomic E-state index is 0.00511. The van der Waals surface area contributed by atoms with Gasteiger partial charge in [-0.1, -0.05) is 45.0 Å². The van der Waals surface area contributed by atoms with Crippen molar-refractivity contribution in [3.05, 3.63) is 64.2 Å². The number of ketones is 1. The number of hydrogen-bond donors (Lipinski definition) is 1. The van der Waals surface area contributed by atoms with E-state index in [-0.39, 0.29) is 27.9 Å². The predicted octanol–water partition coefficient (Wildman–Crippen LogP) is 4.56. The van der Waals surface area contributed by atoms with Crippen LogP contribution < -0.4 is 5.32 Å². The quantitative estimate of drug-likeness (QED) is 0.567.